The van der Waals surface area contributed by atoms with Crippen molar-refractivity contribution in [3.63, 3.8) is 0 Å². The molecule has 28 heavy (non-hydrogen) atoms. The number of nitrogens with zero attached hydrogens (tertiary/aromatic N) is 3. The number of sulfonamides is 1. The predicted octanol–water partition coefficient (Wildman–Crippen LogP) is 2.89. The first-order chi connectivity index (χ1) is 13.4. The van der Waals surface area contributed by atoms with E-state index in [9.17, 15) is 18.5 Å². The molecule has 0 amide bonds. The number of nitro benzene ring substituents is 1. The summed E-state index contributed by atoms with van der Waals surface area (Å²) in [5, 5.41) is 10.7. The Hall–Kier alpha value is -2.65. The van der Waals surface area contributed by atoms with Crippen LogP contribution in [0.15, 0.2) is 53.4 Å². The Kier molecular flexibility index (Phi) is 6.15. The summed E-state index contributed by atoms with van der Waals surface area (Å²) in [5.74, 6) is 0.824. The Bertz CT molecular complexity index is 906. The van der Waals surface area contributed by atoms with Crippen LogP contribution in [0, 0.1) is 10.1 Å². The van der Waals surface area contributed by atoms with Gasteiger partial charge < -0.3 is 9.64 Å². The molecule has 3 rings (SSSR count). The van der Waals surface area contributed by atoms with Crippen LogP contribution in [-0.4, -0.2) is 50.4 Å². The fourth-order valence-electron chi connectivity index (χ4n) is 3.05. The van der Waals surface area contributed by atoms with E-state index in [2.05, 4.69) is 11.8 Å². The zero-order valence-electron chi connectivity index (χ0n) is 15.7. The van der Waals surface area contributed by atoms with Crippen molar-refractivity contribution < 1.29 is 18.1 Å². The van der Waals surface area contributed by atoms with Crippen molar-refractivity contribution in [1.29, 1.82) is 0 Å². The van der Waals surface area contributed by atoms with E-state index in [1.807, 2.05) is 24.3 Å². The van der Waals surface area contributed by atoms with E-state index in [4.69, 9.17) is 4.74 Å². The van der Waals surface area contributed by atoms with Gasteiger partial charge in [-0.25, -0.2) is 8.42 Å². The van der Waals surface area contributed by atoms with Crippen LogP contribution >= 0.6 is 0 Å². The second kappa shape index (κ2) is 8.57. The molecule has 0 spiro atoms. The first-order valence-electron chi connectivity index (χ1n) is 9.14. The fraction of sp³-hybridized carbons (Fsp3) is 0.368. The lowest BCUT2D eigenvalue weighted by Gasteiger charge is -2.35. The normalized spacial score (nSPS) is 15.4. The highest BCUT2D eigenvalue weighted by Gasteiger charge is 2.29. The molecule has 0 unspecified atom stereocenters. The second-order valence-electron chi connectivity index (χ2n) is 6.48. The minimum atomic E-state index is -3.66. The van der Waals surface area contributed by atoms with Gasteiger partial charge in [0.2, 0.25) is 10.0 Å². The molecule has 0 atom stereocenters. The van der Waals surface area contributed by atoms with Crippen molar-refractivity contribution in [1.82, 2.24) is 4.31 Å². The maximum atomic E-state index is 12.8. The average molecular weight is 405 g/mol. The van der Waals surface area contributed by atoms with Gasteiger partial charge in [-0.15, -0.1) is 0 Å². The number of rotatable bonds is 7. The van der Waals surface area contributed by atoms with Crippen LogP contribution in [0.1, 0.15) is 13.3 Å². The lowest BCUT2D eigenvalue weighted by atomic mass is 10.2. The van der Waals surface area contributed by atoms with Gasteiger partial charge in [0.05, 0.1) is 16.4 Å². The lowest BCUT2D eigenvalue weighted by molar-refractivity contribution is -0.384. The molecule has 0 N–H and O–H groups in total. The number of non-ortho nitro benzene ring substituents is 1. The van der Waals surface area contributed by atoms with E-state index < -0.39 is 14.9 Å². The van der Waals surface area contributed by atoms with Crippen LogP contribution in [0.25, 0.3) is 0 Å². The Labute approximate surface area is 164 Å². The van der Waals surface area contributed by atoms with Gasteiger partial charge >= 0.3 is 0 Å². The maximum absolute atomic E-state index is 12.8. The van der Waals surface area contributed by atoms with Crippen molar-refractivity contribution in [2.24, 2.45) is 0 Å². The van der Waals surface area contributed by atoms with Crippen molar-refractivity contribution in [3.05, 3.63) is 58.6 Å². The lowest BCUT2D eigenvalue weighted by Crippen LogP contribution is -2.48. The molecule has 9 heteroatoms. The molecule has 2 aromatic rings. The minimum Gasteiger partial charge on any atom is -0.494 e. The highest BCUT2D eigenvalue weighted by Crippen LogP contribution is 2.24. The predicted molar refractivity (Wildman–Crippen MR) is 106 cm³/mol. The number of nitro groups is 1. The van der Waals surface area contributed by atoms with Gasteiger partial charge in [-0.2, -0.15) is 4.31 Å². The molecular weight excluding hydrogens is 382 g/mol. The smallest absolute Gasteiger partial charge is 0.269 e. The van der Waals surface area contributed by atoms with E-state index in [0.29, 0.717) is 32.8 Å². The summed E-state index contributed by atoms with van der Waals surface area (Å²) in [6.45, 7) is 4.58. The second-order valence-corrected chi connectivity index (χ2v) is 8.42. The summed E-state index contributed by atoms with van der Waals surface area (Å²) >= 11 is 0. The van der Waals surface area contributed by atoms with Crippen LogP contribution in [0.3, 0.4) is 0 Å². The molecule has 0 aliphatic carbocycles. The summed E-state index contributed by atoms with van der Waals surface area (Å²) in [4.78, 5) is 12.4. The van der Waals surface area contributed by atoms with E-state index >= 15 is 0 Å². The standard InChI is InChI=1S/C19H23N3O5S/c1-2-15-27-18-7-3-16(4-8-18)20-11-13-21(14-12-20)28(25,26)19-9-5-17(6-10-19)22(23)24/h3-10H,2,11-15H2,1H3. The van der Waals surface area contributed by atoms with Gasteiger partial charge in [0.25, 0.3) is 5.69 Å². The number of benzene rings is 2. The van der Waals surface area contributed by atoms with E-state index in [-0.39, 0.29) is 10.6 Å². The molecule has 0 bridgehead atoms. The first kappa shape index (κ1) is 20.1. The Morgan fingerprint density at radius 1 is 1.00 bits per heavy atom. The van der Waals surface area contributed by atoms with Gasteiger partial charge in [-0.1, -0.05) is 6.92 Å². The van der Waals surface area contributed by atoms with E-state index in [0.717, 1.165) is 17.9 Å². The van der Waals surface area contributed by atoms with Crippen LogP contribution < -0.4 is 9.64 Å². The summed E-state index contributed by atoms with van der Waals surface area (Å²) in [5.41, 5.74) is 0.895. The summed E-state index contributed by atoms with van der Waals surface area (Å²) in [7, 11) is -3.66. The first-order valence-corrected chi connectivity index (χ1v) is 10.6. The molecule has 1 aliphatic heterocycles. The molecule has 1 fully saturated rings. The Balaban J connectivity index is 1.63. The zero-order valence-corrected chi connectivity index (χ0v) is 16.5. The van der Waals surface area contributed by atoms with Gasteiger partial charge in [-0.3, -0.25) is 10.1 Å². The van der Waals surface area contributed by atoms with E-state index in [1.54, 1.807) is 0 Å². The number of anilines is 1. The SMILES string of the molecule is CCCOc1ccc(N2CCN(S(=O)(=O)c3ccc([N+](=O)[O-])cc3)CC2)cc1. The molecule has 1 saturated heterocycles. The third-order valence-electron chi connectivity index (χ3n) is 4.60. The maximum Gasteiger partial charge on any atom is 0.269 e. The van der Waals surface area contributed by atoms with Crippen LogP contribution in [0.2, 0.25) is 0 Å². The van der Waals surface area contributed by atoms with Gasteiger partial charge in [0.15, 0.2) is 0 Å². The molecule has 0 aromatic heterocycles. The third-order valence-corrected chi connectivity index (χ3v) is 6.51. The summed E-state index contributed by atoms with van der Waals surface area (Å²) in [6, 6.07) is 12.8. The minimum absolute atomic E-state index is 0.0731. The zero-order chi connectivity index (χ0) is 20.1. The van der Waals surface area contributed by atoms with Crippen LogP contribution in [-0.2, 0) is 10.0 Å². The molecule has 150 valence electrons. The Morgan fingerprint density at radius 2 is 1.61 bits per heavy atom. The van der Waals surface area contributed by atoms with Crippen molar-refractivity contribution in [2.45, 2.75) is 18.2 Å². The van der Waals surface area contributed by atoms with Gasteiger partial charge in [-0.05, 0) is 42.8 Å². The monoisotopic (exact) mass is 405 g/mol. The Morgan fingerprint density at radius 3 is 2.14 bits per heavy atom. The molecule has 1 aliphatic rings. The number of piperazine rings is 1. The number of hydrogen-bond donors (Lipinski definition) is 0. The molecular formula is C19H23N3O5S. The number of ether oxygens (including phenoxy) is 1. The summed E-state index contributed by atoms with van der Waals surface area (Å²) < 4.78 is 32.6. The molecule has 1 heterocycles. The van der Waals surface area contributed by atoms with Crippen LogP contribution in [0.5, 0.6) is 5.75 Å². The quantitative estimate of drug-likeness (QED) is 0.519. The fourth-order valence-corrected chi connectivity index (χ4v) is 4.47. The average Bonchev–Trinajstić information content (AvgIpc) is 2.73. The largest absolute Gasteiger partial charge is 0.494 e. The van der Waals surface area contributed by atoms with E-state index in [1.165, 1.54) is 28.6 Å². The molecule has 2 aromatic carbocycles. The van der Waals surface area contributed by atoms with Gasteiger partial charge in [0, 0.05) is 44.0 Å². The number of hydrogen-bond acceptors (Lipinski definition) is 6. The molecule has 8 nitrogen and oxygen atoms in total. The highest BCUT2D eigenvalue weighted by atomic mass is 32.2. The third kappa shape index (κ3) is 4.42. The topological polar surface area (TPSA) is 93.0 Å². The highest BCUT2D eigenvalue weighted by molar-refractivity contribution is 7.89. The van der Waals surface area contributed by atoms with Gasteiger partial charge in [0.1, 0.15) is 5.75 Å². The van der Waals surface area contributed by atoms with Crippen molar-refractivity contribution >= 4 is 21.4 Å². The summed E-state index contributed by atoms with van der Waals surface area (Å²) in [6.07, 6.45) is 0.951. The van der Waals surface area contributed by atoms with Crippen LogP contribution in [0.4, 0.5) is 11.4 Å². The molecule has 0 radical (unpaired) electrons. The van der Waals surface area contributed by atoms with Crippen molar-refractivity contribution in [3.8, 4) is 5.75 Å². The molecule has 0 saturated carbocycles. The van der Waals surface area contributed by atoms with Crippen molar-refractivity contribution in [2.75, 3.05) is 37.7 Å².